The smallest absolute Gasteiger partial charge is 0.358 e. The third-order valence-corrected chi connectivity index (χ3v) is 2.04. The van der Waals surface area contributed by atoms with Gasteiger partial charge in [0.25, 0.3) is 5.91 Å². The molecule has 1 aromatic heterocycles. The summed E-state index contributed by atoms with van der Waals surface area (Å²) in [6.07, 6.45) is 3.95. The fourth-order valence-electron chi connectivity index (χ4n) is 1.17. The van der Waals surface area contributed by atoms with E-state index < -0.39 is 10.8 Å². The zero-order chi connectivity index (χ0) is 13.0. The summed E-state index contributed by atoms with van der Waals surface area (Å²) in [4.78, 5) is 21.4. The van der Waals surface area contributed by atoms with Crippen LogP contribution in [0.4, 0.5) is 5.82 Å². The van der Waals surface area contributed by atoms with Crippen molar-refractivity contribution >= 4 is 17.8 Å². The Kier molecular flexibility index (Phi) is 3.94. The van der Waals surface area contributed by atoms with E-state index in [0.29, 0.717) is 6.54 Å². The second-order valence-electron chi connectivity index (χ2n) is 3.30. The van der Waals surface area contributed by atoms with Crippen LogP contribution in [0.3, 0.4) is 0 Å². The van der Waals surface area contributed by atoms with Gasteiger partial charge in [-0.05, 0) is 17.9 Å². The number of rotatable bonds is 4. The summed E-state index contributed by atoms with van der Waals surface area (Å²) < 4.78 is 1.31. The Balaban J connectivity index is 2.91. The Labute approximate surface area is 97.4 Å². The van der Waals surface area contributed by atoms with E-state index in [4.69, 9.17) is 5.84 Å². The molecule has 8 heteroatoms. The average Bonchev–Trinajstić information content (AvgIpc) is 2.66. The van der Waals surface area contributed by atoms with Crippen LogP contribution in [0.1, 0.15) is 12.5 Å². The zero-order valence-corrected chi connectivity index (χ0v) is 9.53. The second kappa shape index (κ2) is 5.21. The Hall–Kier alpha value is -2.22. The van der Waals surface area contributed by atoms with E-state index in [-0.39, 0.29) is 11.4 Å². The van der Waals surface area contributed by atoms with Gasteiger partial charge in [-0.25, -0.2) is 5.84 Å². The lowest BCUT2D eigenvalue weighted by Crippen LogP contribution is -2.35. The molecule has 0 spiro atoms. The first kappa shape index (κ1) is 12.8. The first-order valence-electron chi connectivity index (χ1n) is 4.88. The number of nitrogens with zero attached hydrogens (tertiary/aromatic N) is 4. The molecule has 0 atom stereocenters. The minimum atomic E-state index is -0.607. The number of amides is 1. The number of carbonyl (C=O) groups is 1. The molecule has 1 heterocycles. The van der Waals surface area contributed by atoms with Crippen molar-refractivity contribution in [2.45, 2.75) is 6.92 Å². The summed E-state index contributed by atoms with van der Waals surface area (Å²) in [5, 5.41) is 15.3. The molecule has 0 unspecified atom stereocenters. The van der Waals surface area contributed by atoms with Crippen LogP contribution in [0.15, 0.2) is 12.3 Å². The number of hydrogen-bond acceptors (Lipinski definition) is 5. The molecule has 1 rings (SSSR count). The third-order valence-electron chi connectivity index (χ3n) is 2.04. The van der Waals surface area contributed by atoms with Gasteiger partial charge in [-0.1, -0.05) is 0 Å². The molecule has 0 saturated carbocycles. The van der Waals surface area contributed by atoms with Crippen molar-refractivity contribution in [3.05, 3.63) is 28.0 Å². The first-order valence-corrected chi connectivity index (χ1v) is 4.88. The van der Waals surface area contributed by atoms with Gasteiger partial charge >= 0.3 is 5.82 Å². The Morgan fingerprint density at radius 3 is 2.94 bits per heavy atom. The number of likely N-dealkylation sites (N-methyl/N-ethyl adjacent to an activating group) is 1. The van der Waals surface area contributed by atoms with Gasteiger partial charge in [0, 0.05) is 12.6 Å². The van der Waals surface area contributed by atoms with E-state index >= 15 is 0 Å². The fourth-order valence-corrected chi connectivity index (χ4v) is 1.17. The maximum absolute atomic E-state index is 11.4. The Morgan fingerprint density at radius 1 is 1.76 bits per heavy atom. The standard InChI is InChI=1S/C9H13N5O3/c1-3-13(10)8(15)5-4-7-6-12(2)11-9(7)14(16)17/h4-6H,3,10H2,1-2H3. The molecule has 0 saturated heterocycles. The van der Waals surface area contributed by atoms with Crippen LogP contribution in [0.2, 0.25) is 0 Å². The minimum absolute atomic E-state index is 0.260. The number of hydrazine groups is 1. The third kappa shape index (κ3) is 3.11. The van der Waals surface area contributed by atoms with E-state index in [2.05, 4.69) is 5.10 Å². The molecule has 17 heavy (non-hydrogen) atoms. The zero-order valence-electron chi connectivity index (χ0n) is 9.53. The predicted octanol–water partition coefficient (Wildman–Crippen LogP) is 0.0637. The summed E-state index contributed by atoms with van der Waals surface area (Å²) in [6, 6.07) is 0. The summed E-state index contributed by atoms with van der Waals surface area (Å²) in [5.74, 6) is 4.64. The van der Waals surface area contributed by atoms with E-state index in [0.717, 1.165) is 5.01 Å². The van der Waals surface area contributed by atoms with Crippen LogP contribution >= 0.6 is 0 Å². The number of hydrogen-bond donors (Lipinski definition) is 1. The van der Waals surface area contributed by atoms with Gasteiger partial charge < -0.3 is 10.1 Å². The average molecular weight is 239 g/mol. The number of aryl methyl sites for hydroxylation is 1. The SMILES string of the molecule is CCN(N)C(=O)C=Cc1cn(C)nc1[N+](=O)[O-]. The van der Waals surface area contributed by atoms with Crippen LogP contribution in [0.25, 0.3) is 6.08 Å². The van der Waals surface area contributed by atoms with Crippen molar-refractivity contribution < 1.29 is 9.72 Å². The van der Waals surface area contributed by atoms with E-state index in [1.165, 1.54) is 23.0 Å². The van der Waals surface area contributed by atoms with Crippen LogP contribution in [0, 0.1) is 10.1 Å². The van der Waals surface area contributed by atoms with Crippen molar-refractivity contribution in [3.63, 3.8) is 0 Å². The molecule has 1 amide bonds. The van der Waals surface area contributed by atoms with Gasteiger partial charge in [0.15, 0.2) is 0 Å². The maximum Gasteiger partial charge on any atom is 0.397 e. The molecule has 2 N–H and O–H groups in total. The van der Waals surface area contributed by atoms with Gasteiger partial charge in [0.1, 0.15) is 0 Å². The van der Waals surface area contributed by atoms with Gasteiger partial charge in [0.05, 0.1) is 23.9 Å². The summed E-state index contributed by atoms with van der Waals surface area (Å²) in [7, 11) is 1.56. The second-order valence-corrected chi connectivity index (χ2v) is 3.30. The highest BCUT2D eigenvalue weighted by atomic mass is 16.6. The quantitative estimate of drug-likeness (QED) is 0.263. The Bertz CT molecular complexity index is 465. The molecule has 0 aliphatic rings. The highest BCUT2D eigenvalue weighted by molar-refractivity contribution is 5.91. The van der Waals surface area contributed by atoms with Gasteiger partial charge in [0.2, 0.25) is 0 Å². The summed E-state index contributed by atoms with van der Waals surface area (Å²) in [6.45, 7) is 2.08. The molecule has 0 aliphatic heterocycles. The molecule has 0 fully saturated rings. The monoisotopic (exact) mass is 239 g/mol. The first-order chi connectivity index (χ1) is 7.95. The molecule has 1 aromatic rings. The normalized spacial score (nSPS) is 10.8. The van der Waals surface area contributed by atoms with Crippen LogP contribution < -0.4 is 5.84 Å². The van der Waals surface area contributed by atoms with Crippen LogP contribution in [0.5, 0.6) is 0 Å². The molecule has 0 aromatic carbocycles. The largest absolute Gasteiger partial charge is 0.397 e. The summed E-state index contributed by atoms with van der Waals surface area (Å²) >= 11 is 0. The van der Waals surface area contributed by atoms with Crippen LogP contribution in [-0.4, -0.2) is 32.2 Å². The van der Waals surface area contributed by atoms with Crippen molar-refractivity contribution in [3.8, 4) is 0 Å². The Morgan fingerprint density at radius 2 is 2.41 bits per heavy atom. The van der Waals surface area contributed by atoms with Crippen molar-refractivity contribution in [2.24, 2.45) is 12.9 Å². The number of aromatic nitrogens is 2. The lowest BCUT2D eigenvalue weighted by atomic mass is 10.3. The van der Waals surface area contributed by atoms with E-state index in [9.17, 15) is 14.9 Å². The fraction of sp³-hybridized carbons (Fsp3) is 0.333. The lowest BCUT2D eigenvalue weighted by Gasteiger charge is -2.09. The van der Waals surface area contributed by atoms with Crippen LogP contribution in [-0.2, 0) is 11.8 Å². The lowest BCUT2D eigenvalue weighted by molar-refractivity contribution is -0.390. The van der Waals surface area contributed by atoms with E-state index in [1.807, 2.05) is 0 Å². The molecular weight excluding hydrogens is 226 g/mol. The van der Waals surface area contributed by atoms with Crippen molar-refractivity contribution in [1.29, 1.82) is 0 Å². The molecule has 0 bridgehead atoms. The van der Waals surface area contributed by atoms with Gasteiger partial charge in [-0.15, -0.1) is 0 Å². The highest BCUT2D eigenvalue weighted by Crippen LogP contribution is 2.16. The highest BCUT2D eigenvalue weighted by Gasteiger charge is 2.17. The maximum atomic E-state index is 11.4. The molecule has 92 valence electrons. The topological polar surface area (TPSA) is 107 Å². The predicted molar refractivity (Wildman–Crippen MR) is 60.5 cm³/mol. The molecule has 0 aliphatic carbocycles. The molecule has 8 nitrogen and oxygen atoms in total. The molecular formula is C9H13N5O3. The minimum Gasteiger partial charge on any atom is -0.358 e. The summed E-state index contributed by atoms with van der Waals surface area (Å²) in [5.41, 5.74) is 0.260. The van der Waals surface area contributed by atoms with Gasteiger partial charge in [-0.3, -0.25) is 9.80 Å². The molecule has 0 radical (unpaired) electrons. The number of carbonyl (C=O) groups excluding carboxylic acids is 1. The van der Waals surface area contributed by atoms with Crippen molar-refractivity contribution in [1.82, 2.24) is 14.8 Å². The van der Waals surface area contributed by atoms with Gasteiger partial charge in [-0.2, -0.15) is 4.68 Å². The number of nitro groups is 1. The van der Waals surface area contributed by atoms with Crippen molar-refractivity contribution in [2.75, 3.05) is 6.54 Å². The number of nitrogens with two attached hydrogens (primary N) is 1. The van der Waals surface area contributed by atoms with E-state index in [1.54, 1.807) is 14.0 Å².